The summed E-state index contributed by atoms with van der Waals surface area (Å²) in [6.07, 6.45) is 9.68. The van der Waals surface area contributed by atoms with Gasteiger partial charge in [0.1, 0.15) is 0 Å². The van der Waals surface area contributed by atoms with Gasteiger partial charge in [-0.15, -0.1) is 0 Å². The lowest BCUT2D eigenvalue weighted by molar-refractivity contribution is -0.121. The van der Waals surface area contributed by atoms with Crippen LogP contribution in [0.4, 0.5) is 0 Å². The maximum Gasteiger partial charge on any atom is 0.220 e. The van der Waals surface area contributed by atoms with Gasteiger partial charge in [-0.3, -0.25) is 4.79 Å². The van der Waals surface area contributed by atoms with Gasteiger partial charge in [0, 0.05) is 13.0 Å². The van der Waals surface area contributed by atoms with E-state index in [4.69, 9.17) is 0 Å². The third kappa shape index (κ3) is 1.22. The Kier molecular flexibility index (Phi) is 1.79. The van der Waals surface area contributed by atoms with E-state index in [0.717, 1.165) is 30.7 Å². The maximum atomic E-state index is 11.4. The molecular formula is C14H21NO. The van der Waals surface area contributed by atoms with Gasteiger partial charge in [-0.2, -0.15) is 0 Å². The van der Waals surface area contributed by atoms with Gasteiger partial charge in [0.2, 0.25) is 5.91 Å². The summed E-state index contributed by atoms with van der Waals surface area (Å²) in [4.78, 5) is 11.4. The van der Waals surface area contributed by atoms with E-state index in [1.54, 1.807) is 0 Å². The smallest absolute Gasteiger partial charge is 0.220 e. The maximum absolute atomic E-state index is 11.4. The Balaban J connectivity index is 1.64. The lowest BCUT2D eigenvalue weighted by Crippen LogP contribution is -2.50. The van der Waals surface area contributed by atoms with Crippen molar-refractivity contribution in [1.82, 2.24) is 5.32 Å². The molecule has 0 unspecified atom stereocenters. The molecule has 1 saturated heterocycles. The highest BCUT2D eigenvalue weighted by Gasteiger charge is 2.55. The predicted molar refractivity (Wildman–Crippen MR) is 61.7 cm³/mol. The van der Waals surface area contributed by atoms with Crippen LogP contribution in [0.2, 0.25) is 0 Å². The van der Waals surface area contributed by atoms with Crippen molar-refractivity contribution < 1.29 is 4.79 Å². The molecule has 1 aliphatic heterocycles. The molecule has 4 saturated carbocycles. The van der Waals surface area contributed by atoms with Crippen LogP contribution in [-0.4, -0.2) is 12.5 Å². The van der Waals surface area contributed by atoms with Gasteiger partial charge in [-0.25, -0.2) is 0 Å². The van der Waals surface area contributed by atoms with Crippen molar-refractivity contribution in [3.63, 3.8) is 0 Å². The lowest BCUT2D eigenvalue weighted by Gasteiger charge is -2.59. The molecule has 0 radical (unpaired) electrons. The number of hydrogen-bond acceptors (Lipinski definition) is 1. The van der Waals surface area contributed by atoms with Crippen LogP contribution in [0.25, 0.3) is 0 Å². The van der Waals surface area contributed by atoms with E-state index in [1.165, 1.54) is 38.5 Å². The molecule has 0 spiro atoms. The van der Waals surface area contributed by atoms with Crippen LogP contribution >= 0.6 is 0 Å². The summed E-state index contributed by atoms with van der Waals surface area (Å²) in [7, 11) is 0. The quantitative estimate of drug-likeness (QED) is 0.720. The van der Waals surface area contributed by atoms with Crippen LogP contribution in [0.5, 0.6) is 0 Å². The molecule has 4 aliphatic carbocycles. The van der Waals surface area contributed by atoms with Crippen LogP contribution in [0, 0.1) is 29.1 Å². The van der Waals surface area contributed by atoms with Crippen molar-refractivity contribution >= 4 is 5.91 Å². The highest BCUT2D eigenvalue weighted by Crippen LogP contribution is 2.63. The number of hydrogen-bond donors (Lipinski definition) is 1. The Morgan fingerprint density at radius 1 is 1.00 bits per heavy atom. The summed E-state index contributed by atoms with van der Waals surface area (Å²) in [5.74, 6) is 4.03. The monoisotopic (exact) mass is 219 g/mol. The van der Waals surface area contributed by atoms with Crippen LogP contribution < -0.4 is 5.32 Å². The third-order valence-electron chi connectivity index (χ3n) is 5.93. The molecule has 1 atom stereocenters. The molecule has 2 nitrogen and oxygen atoms in total. The summed E-state index contributed by atoms with van der Waals surface area (Å²) in [5, 5.41) is 3.06. The van der Waals surface area contributed by atoms with Gasteiger partial charge >= 0.3 is 0 Å². The zero-order chi connectivity index (χ0) is 10.8. The molecular weight excluding hydrogens is 198 g/mol. The standard InChI is InChI=1S/C14H21NO/c16-13-4-12(8-15-13)14-5-9-1-10(6-14)3-11(2-9)7-14/h9-12H,1-8H2,(H,15,16)/t9?,10?,11?,12-,14?/m0/s1. The number of carbonyl (C=O) groups is 1. The first-order valence-corrected chi connectivity index (χ1v) is 7.00. The van der Waals surface area contributed by atoms with Crippen molar-refractivity contribution in [1.29, 1.82) is 0 Å². The molecule has 0 aromatic rings. The molecule has 2 heteroatoms. The van der Waals surface area contributed by atoms with E-state index < -0.39 is 0 Å². The van der Waals surface area contributed by atoms with Crippen molar-refractivity contribution in [2.45, 2.75) is 44.9 Å². The third-order valence-corrected chi connectivity index (χ3v) is 5.93. The van der Waals surface area contributed by atoms with E-state index in [-0.39, 0.29) is 0 Å². The first-order valence-electron chi connectivity index (χ1n) is 7.00. The summed E-state index contributed by atoms with van der Waals surface area (Å²) in [6, 6.07) is 0. The van der Waals surface area contributed by atoms with Gasteiger partial charge in [0.25, 0.3) is 0 Å². The van der Waals surface area contributed by atoms with Gasteiger partial charge in [-0.05, 0) is 67.6 Å². The summed E-state index contributed by atoms with van der Waals surface area (Å²) >= 11 is 0. The van der Waals surface area contributed by atoms with Crippen molar-refractivity contribution in [2.24, 2.45) is 29.1 Å². The van der Waals surface area contributed by atoms with Crippen LogP contribution in [-0.2, 0) is 4.79 Å². The highest BCUT2D eigenvalue weighted by atomic mass is 16.1. The topological polar surface area (TPSA) is 29.1 Å². The van der Waals surface area contributed by atoms with Gasteiger partial charge < -0.3 is 5.32 Å². The molecule has 5 fully saturated rings. The van der Waals surface area contributed by atoms with Gasteiger partial charge in [-0.1, -0.05) is 0 Å². The molecule has 1 heterocycles. The molecule has 1 N–H and O–H groups in total. The second-order valence-corrected chi connectivity index (χ2v) is 6.99. The largest absolute Gasteiger partial charge is 0.356 e. The normalized spacial score (nSPS) is 54.4. The number of carbonyl (C=O) groups excluding carboxylic acids is 1. The van der Waals surface area contributed by atoms with E-state index in [1.807, 2.05) is 0 Å². The van der Waals surface area contributed by atoms with E-state index in [0.29, 0.717) is 17.2 Å². The molecule has 0 aromatic carbocycles. The Morgan fingerprint density at radius 3 is 2.00 bits per heavy atom. The first-order chi connectivity index (χ1) is 7.73. The Hall–Kier alpha value is -0.530. The molecule has 4 bridgehead atoms. The van der Waals surface area contributed by atoms with Gasteiger partial charge in [0.05, 0.1) is 0 Å². The predicted octanol–water partition coefficient (Wildman–Crippen LogP) is 2.34. The van der Waals surface area contributed by atoms with Crippen molar-refractivity contribution in [2.75, 3.05) is 6.54 Å². The summed E-state index contributed by atoms with van der Waals surface area (Å²) in [5.41, 5.74) is 0.577. The molecule has 1 amide bonds. The fraction of sp³-hybridized carbons (Fsp3) is 0.929. The van der Waals surface area contributed by atoms with E-state index in [9.17, 15) is 4.79 Å². The molecule has 5 rings (SSSR count). The molecule has 88 valence electrons. The fourth-order valence-electron chi connectivity index (χ4n) is 5.72. The summed E-state index contributed by atoms with van der Waals surface area (Å²) in [6.45, 7) is 0.977. The minimum absolute atomic E-state index is 0.306. The summed E-state index contributed by atoms with van der Waals surface area (Å²) < 4.78 is 0. The fourth-order valence-corrected chi connectivity index (χ4v) is 5.72. The van der Waals surface area contributed by atoms with Crippen LogP contribution in [0.15, 0.2) is 0 Å². The molecule has 16 heavy (non-hydrogen) atoms. The number of nitrogens with one attached hydrogen (secondary N) is 1. The van der Waals surface area contributed by atoms with E-state index >= 15 is 0 Å². The second-order valence-electron chi connectivity index (χ2n) is 6.99. The van der Waals surface area contributed by atoms with Gasteiger partial charge in [0.15, 0.2) is 0 Å². The lowest BCUT2D eigenvalue weighted by atomic mass is 9.46. The zero-order valence-corrected chi connectivity index (χ0v) is 9.87. The minimum atomic E-state index is 0.306. The minimum Gasteiger partial charge on any atom is -0.356 e. The number of rotatable bonds is 1. The average molecular weight is 219 g/mol. The zero-order valence-electron chi connectivity index (χ0n) is 9.87. The van der Waals surface area contributed by atoms with Crippen LogP contribution in [0.1, 0.15) is 44.9 Å². The SMILES string of the molecule is O=C1C[C@H](C23CC4CC(CC(C4)C2)C3)CN1. The molecule has 5 aliphatic rings. The Labute approximate surface area is 97.2 Å². The highest BCUT2D eigenvalue weighted by molar-refractivity contribution is 5.78. The van der Waals surface area contributed by atoms with Crippen molar-refractivity contribution in [3.05, 3.63) is 0 Å². The van der Waals surface area contributed by atoms with Crippen molar-refractivity contribution in [3.8, 4) is 0 Å². The Morgan fingerprint density at radius 2 is 1.56 bits per heavy atom. The Bertz CT molecular complexity index is 300. The molecule has 0 aromatic heterocycles. The van der Waals surface area contributed by atoms with E-state index in [2.05, 4.69) is 5.32 Å². The number of amides is 1. The van der Waals surface area contributed by atoms with Crippen LogP contribution in [0.3, 0.4) is 0 Å². The second kappa shape index (κ2) is 3.02. The average Bonchev–Trinajstić information content (AvgIpc) is 2.63. The first kappa shape index (κ1) is 9.49.